The molecule has 0 aliphatic carbocycles. The van der Waals surface area contributed by atoms with E-state index in [0.29, 0.717) is 0 Å². The van der Waals surface area contributed by atoms with Gasteiger partial charge in [0.15, 0.2) is 0 Å². The molecule has 1 aromatic carbocycles. The third-order valence-electron chi connectivity index (χ3n) is 2.36. The zero-order chi connectivity index (χ0) is 10.6. The molecule has 0 spiro atoms. The molecule has 1 nitrogen and oxygen atoms in total. The molecule has 0 aliphatic rings. The minimum Gasteiger partial charge on any atom is -0.396 e. The molecule has 1 unspecified atom stereocenters. The zero-order valence-corrected chi connectivity index (χ0v) is 10.3. The Kier molecular flexibility index (Phi) is 4.63. The van der Waals surface area contributed by atoms with E-state index in [9.17, 15) is 0 Å². The van der Waals surface area contributed by atoms with Crippen LogP contribution in [-0.4, -0.2) is 11.7 Å². The van der Waals surface area contributed by atoms with E-state index in [0.717, 1.165) is 17.3 Å². The first-order valence-electron chi connectivity index (χ1n) is 5.07. The standard InChI is InChI=1S/C12H17BrO/c1-3-4-10-5-11(9(2)8-14)7-12(13)6-10/h5-7,9,14H,3-4,8H2,1-2H3. The van der Waals surface area contributed by atoms with Crippen LogP contribution in [0.3, 0.4) is 0 Å². The molecule has 2 heteroatoms. The van der Waals surface area contributed by atoms with Crippen molar-refractivity contribution in [2.24, 2.45) is 0 Å². The summed E-state index contributed by atoms with van der Waals surface area (Å²) in [6.45, 7) is 4.43. The normalized spacial score (nSPS) is 12.9. The fourth-order valence-corrected chi connectivity index (χ4v) is 2.06. The summed E-state index contributed by atoms with van der Waals surface area (Å²) in [4.78, 5) is 0. The van der Waals surface area contributed by atoms with Crippen LogP contribution >= 0.6 is 15.9 Å². The second-order valence-corrected chi connectivity index (χ2v) is 4.64. The topological polar surface area (TPSA) is 20.2 Å². The minimum atomic E-state index is 0.210. The monoisotopic (exact) mass is 256 g/mol. The zero-order valence-electron chi connectivity index (χ0n) is 8.76. The number of aliphatic hydroxyl groups is 1. The first kappa shape index (κ1) is 11.7. The van der Waals surface area contributed by atoms with Crippen LogP contribution in [0.4, 0.5) is 0 Å². The maximum absolute atomic E-state index is 9.08. The molecule has 1 rings (SSSR count). The molecule has 1 atom stereocenters. The highest BCUT2D eigenvalue weighted by Gasteiger charge is 2.06. The smallest absolute Gasteiger partial charge is 0.0497 e. The molecule has 0 saturated heterocycles. The number of hydrogen-bond donors (Lipinski definition) is 1. The van der Waals surface area contributed by atoms with Crippen molar-refractivity contribution in [3.63, 3.8) is 0 Å². The second kappa shape index (κ2) is 5.52. The van der Waals surface area contributed by atoms with Gasteiger partial charge >= 0.3 is 0 Å². The average molecular weight is 257 g/mol. The number of rotatable bonds is 4. The van der Waals surface area contributed by atoms with Gasteiger partial charge in [-0.1, -0.05) is 42.3 Å². The van der Waals surface area contributed by atoms with Gasteiger partial charge in [0.2, 0.25) is 0 Å². The molecule has 0 amide bonds. The van der Waals surface area contributed by atoms with Crippen molar-refractivity contribution in [3.05, 3.63) is 33.8 Å². The highest BCUT2D eigenvalue weighted by Crippen LogP contribution is 2.22. The van der Waals surface area contributed by atoms with E-state index in [4.69, 9.17) is 5.11 Å². The lowest BCUT2D eigenvalue weighted by molar-refractivity contribution is 0.273. The van der Waals surface area contributed by atoms with E-state index in [1.165, 1.54) is 11.1 Å². The first-order valence-corrected chi connectivity index (χ1v) is 5.87. The number of hydrogen-bond acceptors (Lipinski definition) is 1. The number of aliphatic hydroxyl groups excluding tert-OH is 1. The molecule has 78 valence electrons. The molecule has 0 fully saturated rings. The predicted octanol–water partition coefficient (Wildman–Crippen LogP) is 3.50. The second-order valence-electron chi connectivity index (χ2n) is 3.73. The lowest BCUT2D eigenvalue weighted by Crippen LogP contribution is -2.00. The molecule has 0 heterocycles. The van der Waals surface area contributed by atoms with Crippen LogP contribution in [-0.2, 0) is 6.42 Å². The Bertz CT molecular complexity index is 296. The Balaban J connectivity index is 2.94. The Morgan fingerprint density at radius 2 is 2.07 bits per heavy atom. The summed E-state index contributed by atoms with van der Waals surface area (Å²) < 4.78 is 1.11. The molecule has 1 N–H and O–H groups in total. The summed E-state index contributed by atoms with van der Waals surface area (Å²) in [5, 5.41) is 9.08. The highest BCUT2D eigenvalue weighted by molar-refractivity contribution is 9.10. The van der Waals surface area contributed by atoms with E-state index >= 15 is 0 Å². The third kappa shape index (κ3) is 3.10. The lowest BCUT2D eigenvalue weighted by Gasteiger charge is -2.11. The van der Waals surface area contributed by atoms with Crippen molar-refractivity contribution >= 4 is 15.9 Å². The maximum Gasteiger partial charge on any atom is 0.0497 e. The third-order valence-corrected chi connectivity index (χ3v) is 2.82. The quantitative estimate of drug-likeness (QED) is 0.875. The summed E-state index contributed by atoms with van der Waals surface area (Å²) in [6.07, 6.45) is 2.26. The predicted molar refractivity (Wildman–Crippen MR) is 63.6 cm³/mol. The first-order chi connectivity index (χ1) is 6.67. The Labute approximate surface area is 94.3 Å². The van der Waals surface area contributed by atoms with Gasteiger partial charge in [0, 0.05) is 17.0 Å². The maximum atomic E-state index is 9.08. The van der Waals surface area contributed by atoms with Gasteiger partial charge in [0.1, 0.15) is 0 Å². The molecule has 0 aliphatic heterocycles. The van der Waals surface area contributed by atoms with Gasteiger partial charge in [-0.15, -0.1) is 0 Å². The molecule has 0 aromatic heterocycles. The molecular formula is C12H17BrO. The van der Waals surface area contributed by atoms with Crippen LogP contribution in [0, 0.1) is 0 Å². The Morgan fingerprint density at radius 3 is 2.64 bits per heavy atom. The minimum absolute atomic E-state index is 0.210. The van der Waals surface area contributed by atoms with E-state index in [1.807, 2.05) is 6.92 Å². The summed E-state index contributed by atoms with van der Waals surface area (Å²) >= 11 is 3.50. The number of benzene rings is 1. The van der Waals surface area contributed by atoms with Gasteiger partial charge in [0.25, 0.3) is 0 Å². The average Bonchev–Trinajstić information content (AvgIpc) is 2.16. The molecule has 0 saturated carbocycles. The Hall–Kier alpha value is -0.340. The van der Waals surface area contributed by atoms with E-state index in [-0.39, 0.29) is 12.5 Å². The number of aryl methyl sites for hydroxylation is 1. The van der Waals surface area contributed by atoms with Crippen LogP contribution in [0.15, 0.2) is 22.7 Å². The van der Waals surface area contributed by atoms with Crippen LogP contribution in [0.1, 0.15) is 37.3 Å². The van der Waals surface area contributed by atoms with Crippen molar-refractivity contribution in [1.82, 2.24) is 0 Å². The van der Waals surface area contributed by atoms with Crippen LogP contribution in [0.2, 0.25) is 0 Å². The summed E-state index contributed by atoms with van der Waals surface area (Å²) in [7, 11) is 0. The lowest BCUT2D eigenvalue weighted by atomic mass is 9.98. The largest absolute Gasteiger partial charge is 0.396 e. The van der Waals surface area contributed by atoms with Crippen molar-refractivity contribution < 1.29 is 5.11 Å². The van der Waals surface area contributed by atoms with Crippen LogP contribution in [0.5, 0.6) is 0 Å². The summed E-state index contributed by atoms with van der Waals surface area (Å²) in [5.41, 5.74) is 2.56. The SMILES string of the molecule is CCCc1cc(Br)cc(C(C)CO)c1. The Morgan fingerprint density at radius 1 is 1.36 bits per heavy atom. The fraction of sp³-hybridized carbons (Fsp3) is 0.500. The van der Waals surface area contributed by atoms with E-state index in [2.05, 4.69) is 41.1 Å². The van der Waals surface area contributed by atoms with Crippen molar-refractivity contribution in [3.8, 4) is 0 Å². The molecule has 0 bridgehead atoms. The van der Waals surface area contributed by atoms with E-state index < -0.39 is 0 Å². The van der Waals surface area contributed by atoms with Gasteiger partial charge in [-0.3, -0.25) is 0 Å². The molecular weight excluding hydrogens is 240 g/mol. The molecule has 0 radical (unpaired) electrons. The van der Waals surface area contributed by atoms with Gasteiger partial charge < -0.3 is 5.11 Å². The molecule has 1 aromatic rings. The molecule has 14 heavy (non-hydrogen) atoms. The van der Waals surface area contributed by atoms with Gasteiger partial charge in [-0.05, 0) is 29.7 Å². The number of halogens is 1. The van der Waals surface area contributed by atoms with E-state index in [1.54, 1.807) is 0 Å². The van der Waals surface area contributed by atoms with Crippen molar-refractivity contribution in [2.75, 3.05) is 6.61 Å². The summed E-state index contributed by atoms with van der Waals surface area (Å²) in [6, 6.07) is 6.42. The van der Waals surface area contributed by atoms with Crippen LogP contribution in [0.25, 0.3) is 0 Å². The van der Waals surface area contributed by atoms with Gasteiger partial charge in [-0.2, -0.15) is 0 Å². The van der Waals surface area contributed by atoms with Crippen LogP contribution < -0.4 is 0 Å². The van der Waals surface area contributed by atoms with Crippen molar-refractivity contribution in [2.45, 2.75) is 32.6 Å². The highest BCUT2D eigenvalue weighted by atomic mass is 79.9. The van der Waals surface area contributed by atoms with Crippen molar-refractivity contribution in [1.29, 1.82) is 0 Å². The fourth-order valence-electron chi connectivity index (χ4n) is 1.50. The van der Waals surface area contributed by atoms with Gasteiger partial charge in [-0.25, -0.2) is 0 Å². The summed E-state index contributed by atoms with van der Waals surface area (Å²) in [5.74, 6) is 0.225. The van der Waals surface area contributed by atoms with Gasteiger partial charge in [0.05, 0.1) is 0 Å².